The molecule has 0 atom stereocenters. The van der Waals surface area contributed by atoms with Gasteiger partial charge < -0.3 is 5.32 Å². The summed E-state index contributed by atoms with van der Waals surface area (Å²) in [5, 5.41) is 11.4. The largest absolute Gasteiger partial charge is 0.321 e. The van der Waals surface area contributed by atoms with E-state index in [1.807, 2.05) is 32.0 Å². The first-order chi connectivity index (χ1) is 14.1. The van der Waals surface area contributed by atoms with E-state index in [2.05, 4.69) is 20.2 Å². The predicted molar refractivity (Wildman–Crippen MR) is 115 cm³/mol. The average molecular weight is 428 g/mol. The van der Waals surface area contributed by atoms with Crippen LogP contribution in [0, 0.1) is 20.8 Å². The second-order valence-electron chi connectivity index (χ2n) is 7.47. The third-order valence-corrected chi connectivity index (χ3v) is 6.05. The van der Waals surface area contributed by atoms with E-state index in [0.717, 1.165) is 16.8 Å². The molecule has 0 aliphatic heterocycles. The highest BCUT2D eigenvalue weighted by Gasteiger charge is 2.19. The summed E-state index contributed by atoms with van der Waals surface area (Å²) in [5.41, 5.74) is 4.09. The maximum Gasteiger partial charge on any atom is 0.278 e. The number of sulfonamides is 1. The molecule has 0 radical (unpaired) electrons. The van der Waals surface area contributed by atoms with E-state index in [1.54, 1.807) is 20.8 Å². The van der Waals surface area contributed by atoms with Crippen molar-refractivity contribution in [3.63, 3.8) is 0 Å². The Morgan fingerprint density at radius 2 is 1.67 bits per heavy atom. The number of rotatable bonds is 6. The Morgan fingerprint density at radius 1 is 1.00 bits per heavy atom. The van der Waals surface area contributed by atoms with Crippen molar-refractivity contribution in [3.8, 4) is 5.69 Å². The van der Waals surface area contributed by atoms with Crippen molar-refractivity contribution >= 4 is 21.6 Å². The lowest BCUT2D eigenvalue weighted by Crippen LogP contribution is -2.30. The summed E-state index contributed by atoms with van der Waals surface area (Å²) in [6.07, 6.45) is 0. The minimum Gasteiger partial charge on any atom is -0.321 e. The van der Waals surface area contributed by atoms with Crippen LogP contribution in [0.3, 0.4) is 0 Å². The molecule has 1 heterocycles. The zero-order valence-corrected chi connectivity index (χ0v) is 18.4. The lowest BCUT2D eigenvalue weighted by Gasteiger charge is -2.10. The average Bonchev–Trinajstić information content (AvgIpc) is 3.02. The highest BCUT2D eigenvalue weighted by molar-refractivity contribution is 7.89. The summed E-state index contributed by atoms with van der Waals surface area (Å²) in [4.78, 5) is 14.3. The fraction of sp³-hybridized carbons (Fsp3) is 0.286. The zero-order valence-electron chi connectivity index (χ0n) is 17.6. The van der Waals surface area contributed by atoms with Crippen molar-refractivity contribution in [2.75, 3.05) is 5.32 Å². The molecule has 3 rings (SSSR count). The summed E-state index contributed by atoms with van der Waals surface area (Å²) in [6, 6.07) is 11.7. The van der Waals surface area contributed by atoms with Crippen LogP contribution in [-0.2, 0) is 10.0 Å². The van der Waals surface area contributed by atoms with E-state index < -0.39 is 15.9 Å². The van der Waals surface area contributed by atoms with E-state index in [0.29, 0.717) is 11.4 Å². The maximum atomic E-state index is 12.7. The molecule has 8 nitrogen and oxygen atoms in total. The third-order valence-electron chi connectivity index (χ3n) is 4.38. The molecular weight excluding hydrogens is 402 g/mol. The van der Waals surface area contributed by atoms with Crippen molar-refractivity contribution in [2.45, 2.75) is 45.6 Å². The number of amides is 1. The zero-order chi connectivity index (χ0) is 22.1. The quantitative estimate of drug-likeness (QED) is 0.629. The second-order valence-corrected chi connectivity index (χ2v) is 9.18. The normalized spacial score (nSPS) is 11.7. The number of nitrogens with zero attached hydrogens (tertiary/aromatic N) is 3. The van der Waals surface area contributed by atoms with E-state index >= 15 is 0 Å². The Balaban J connectivity index is 1.79. The number of aromatic nitrogens is 3. The number of nitrogens with one attached hydrogen (secondary N) is 2. The standard InChI is InChI=1S/C21H25N5O3S/c1-13(2)25-30(28,29)18-9-7-17(8-10-18)22-21(27)20-16(5)23-26(24-20)19-11-6-14(3)12-15(19)4/h6-13,25H,1-5H3,(H,22,27). The van der Waals surface area contributed by atoms with Crippen molar-refractivity contribution in [3.05, 3.63) is 65.0 Å². The SMILES string of the molecule is Cc1ccc(-n2nc(C)c(C(=O)Nc3ccc(S(=O)(=O)NC(C)C)cc3)n2)c(C)c1. The van der Waals surface area contributed by atoms with Crippen molar-refractivity contribution in [2.24, 2.45) is 0 Å². The Morgan fingerprint density at radius 3 is 2.27 bits per heavy atom. The van der Waals surface area contributed by atoms with E-state index in [9.17, 15) is 13.2 Å². The molecule has 0 aliphatic carbocycles. The summed E-state index contributed by atoms with van der Waals surface area (Å²) in [7, 11) is -3.59. The summed E-state index contributed by atoms with van der Waals surface area (Å²) in [6.45, 7) is 9.19. The van der Waals surface area contributed by atoms with E-state index in [-0.39, 0.29) is 16.6 Å². The number of carbonyl (C=O) groups is 1. The highest BCUT2D eigenvalue weighted by Crippen LogP contribution is 2.18. The molecule has 0 fully saturated rings. The number of carbonyl (C=O) groups excluding carboxylic acids is 1. The lowest BCUT2D eigenvalue weighted by molar-refractivity contribution is 0.102. The Bertz CT molecular complexity index is 1180. The Hall–Kier alpha value is -3.04. The van der Waals surface area contributed by atoms with Gasteiger partial charge in [0.2, 0.25) is 10.0 Å². The van der Waals surface area contributed by atoms with Crippen molar-refractivity contribution in [1.29, 1.82) is 0 Å². The molecule has 0 spiro atoms. The third kappa shape index (κ3) is 4.74. The van der Waals surface area contributed by atoms with Crippen LogP contribution in [0.15, 0.2) is 47.4 Å². The molecule has 1 amide bonds. The van der Waals surface area contributed by atoms with Gasteiger partial charge in [-0.3, -0.25) is 4.79 Å². The van der Waals surface area contributed by atoms with Crippen LogP contribution in [0.25, 0.3) is 5.69 Å². The summed E-state index contributed by atoms with van der Waals surface area (Å²) < 4.78 is 26.9. The van der Waals surface area contributed by atoms with Crippen LogP contribution in [0.2, 0.25) is 0 Å². The topological polar surface area (TPSA) is 106 Å². The summed E-state index contributed by atoms with van der Waals surface area (Å²) in [5.74, 6) is -0.417. The van der Waals surface area contributed by atoms with Crippen LogP contribution >= 0.6 is 0 Å². The van der Waals surface area contributed by atoms with Gasteiger partial charge in [-0.15, -0.1) is 5.10 Å². The molecule has 2 N–H and O–H groups in total. The van der Waals surface area contributed by atoms with Gasteiger partial charge in [-0.2, -0.15) is 9.90 Å². The van der Waals surface area contributed by atoms with Gasteiger partial charge in [-0.25, -0.2) is 13.1 Å². The molecule has 3 aromatic rings. The van der Waals surface area contributed by atoms with Gasteiger partial charge in [-0.05, 0) is 70.5 Å². The van der Waals surface area contributed by atoms with Gasteiger partial charge >= 0.3 is 0 Å². The fourth-order valence-electron chi connectivity index (χ4n) is 3.01. The molecule has 30 heavy (non-hydrogen) atoms. The van der Waals surface area contributed by atoms with Gasteiger partial charge in [0, 0.05) is 11.7 Å². The molecule has 9 heteroatoms. The molecule has 158 valence electrons. The summed E-state index contributed by atoms with van der Waals surface area (Å²) >= 11 is 0. The molecule has 0 bridgehead atoms. The monoisotopic (exact) mass is 427 g/mol. The van der Waals surface area contributed by atoms with Crippen LogP contribution < -0.4 is 10.0 Å². The van der Waals surface area contributed by atoms with Crippen LogP contribution in [0.1, 0.15) is 41.2 Å². The molecule has 0 saturated heterocycles. The van der Waals surface area contributed by atoms with Gasteiger partial charge in [0.15, 0.2) is 5.69 Å². The second kappa shape index (κ2) is 8.37. The van der Waals surface area contributed by atoms with Crippen molar-refractivity contribution in [1.82, 2.24) is 19.7 Å². The Labute approximate surface area is 176 Å². The molecule has 0 aliphatic rings. The number of anilines is 1. The smallest absolute Gasteiger partial charge is 0.278 e. The minimum absolute atomic E-state index is 0.131. The minimum atomic E-state index is -3.59. The molecule has 1 aromatic heterocycles. The van der Waals surface area contributed by atoms with Crippen LogP contribution in [0.4, 0.5) is 5.69 Å². The van der Waals surface area contributed by atoms with Crippen LogP contribution in [0.5, 0.6) is 0 Å². The number of hydrogen-bond acceptors (Lipinski definition) is 5. The van der Waals surface area contributed by atoms with Crippen molar-refractivity contribution < 1.29 is 13.2 Å². The molecule has 2 aromatic carbocycles. The van der Waals surface area contributed by atoms with Gasteiger partial charge in [0.05, 0.1) is 16.3 Å². The fourth-order valence-corrected chi connectivity index (χ4v) is 4.26. The molecule has 0 unspecified atom stereocenters. The first kappa shape index (κ1) is 21.7. The van der Waals surface area contributed by atoms with Gasteiger partial charge in [0.25, 0.3) is 5.91 Å². The lowest BCUT2D eigenvalue weighted by atomic mass is 10.1. The predicted octanol–water partition coefficient (Wildman–Crippen LogP) is 3.13. The van der Waals surface area contributed by atoms with E-state index in [4.69, 9.17) is 0 Å². The first-order valence-electron chi connectivity index (χ1n) is 9.52. The number of benzene rings is 2. The van der Waals surface area contributed by atoms with E-state index in [1.165, 1.54) is 29.1 Å². The Kier molecular flexibility index (Phi) is 6.04. The number of aryl methyl sites for hydroxylation is 3. The number of hydrogen-bond donors (Lipinski definition) is 2. The van der Waals surface area contributed by atoms with Crippen LogP contribution in [-0.4, -0.2) is 35.4 Å². The highest BCUT2D eigenvalue weighted by atomic mass is 32.2. The first-order valence-corrected chi connectivity index (χ1v) is 11.0. The van der Waals surface area contributed by atoms with Gasteiger partial charge in [-0.1, -0.05) is 17.7 Å². The molecule has 0 saturated carbocycles. The maximum absolute atomic E-state index is 12.7. The van der Waals surface area contributed by atoms with Gasteiger partial charge in [0.1, 0.15) is 0 Å². The molecular formula is C21H25N5O3S.